The van der Waals surface area contributed by atoms with Crippen molar-refractivity contribution in [3.8, 4) is 0 Å². The summed E-state index contributed by atoms with van der Waals surface area (Å²) in [4.78, 5) is 22.0. The van der Waals surface area contributed by atoms with E-state index < -0.39 is 4.92 Å². The van der Waals surface area contributed by atoms with Crippen LogP contribution < -0.4 is 5.32 Å². The number of non-ortho nitro benzene ring substituents is 1. The van der Waals surface area contributed by atoms with Crippen molar-refractivity contribution in [2.75, 3.05) is 0 Å². The number of carbonyl (C=O) groups excluding carboxylic acids is 1. The smallest absolute Gasteiger partial charge is 0.269 e. The zero-order valence-corrected chi connectivity index (χ0v) is 11.5. The van der Waals surface area contributed by atoms with Crippen LogP contribution in [0.5, 0.6) is 0 Å². The monoisotopic (exact) mass is 278 g/mol. The molecule has 0 radical (unpaired) electrons. The Balaban J connectivity index is 1.90. The molecule has 2 N–H and O–H groups in total. The van der Waals surface area contributed by atoms with Crippen molar-refractivity contribution in [2.45, 2.75) is 38.8 Å². The fourth-order valence-corrected chi connectivity index (χ4v) is 2.31. The molecule has 1 amide bonds. The average Bonchev–Trinajstić information content (AvgIpc) is 2.39. The van der Waals surface area contributed by atoms with Gasteiger partial charge < -0.3 is 10.4 Å². The molecule has 108 valence electrons. The third-order valence-corrected chi connectivity index (χ3v) is 4.06. The van der Waals surface area contributed by atoms with Crippen molar-refractivity contribution in [1.82, 2.24) is 5.32 Å². The second-order valence-electron chi connectivity index (χ2n) is 5.79. The van der Waals surface area contributed by atoms with E-state index in [1.807, 2.05) is 13.8 Å². The molecule has 2 unspecified atom stereocenters. The number of nitrogens with one attached hydrogen (secondary N) is 1. The molecule has 1 aromatic carbocycles. The van der Waals surface area contributed by atoms with E-state index in [0.717, 1.165) is 5.56 Å². The van der Waals surface area contributed by atoms with Crippen LogP contribution in [0.15, 0.2) is 24.3 Å². The molecule has 0 aliphatic heterocycles. The SMILES string of the molecule is CC1(C)C(O)CC1NC(=O)Cc1ccc([N+](=O)[O-])cc1. The van der Waals surface area contributed by atoms with Crippen LogP contribution in [0, 0.1) is 15.5 Å². The largest absolute Gasteiger partial charge is 0.392 e. The molecule has 0 bridgehead atoms. The van der Waals surface area contributed by atoms with Gasteiger partial charge in [0.2, 0.25) is 5.91 Å². The standard InChI is InChI=1S/C14H18N2O4/c1-14(2)11(8-12(14)17)15-13(18)7-9-3-5-10(6-4-9)16(19)20/h3-6,11-12,17H,7-8H2,1-2H3,(H,15,18). The van der Waals surface area contributed by atoms with Crippen molar-refractivity contribution in [1.29, 1.82) is 0 Å². The molecule has 1 fully saturated rings. The molecule has 20 heavy (non-hydrogen) atoms. The number of aliphatic hydroxyl groups excluding tert-OH is 1. The fraction of sp³-hybridized carbons (Fsp3) is 0.500. The van der Waals surface area contributed by atoms with Crippen LogP contribution in [0.2, 0.25) is 0 Å². The lowest BCUT2D eigenvalue weighted by atomic mass is 9.64. The predicted molar refractivity (Wildman–Crippen MR) is 73.1 cm³/mol. The summed E-state index contributed by atoms with van der Waals surface area (Å²) in [5.74, 6) is -0.135. The minimum absolute atomic E-state index is 0.0115. The molecule has 6 heteroatoms. The summed E-state index contributed by atoms with van der Waals surface area (Å²) in [7, 11) is 0. The number of nitro groups is 1. The molecule has 0 spiro atoms. The Morgan fingerprint density at radius 3 is 2.50 bits per heavy atom. The number of nitrogens with zero attached hydrogens (tertiary/aromatic N) is 1. The average molecular weight is 278 g/mol. The lowest BCUT2D eigenvalue weighted by molar-refractivity contribution is -0.384. The van der Waals surface area contributed by atoms with Crippen LogP contribution in [0.25, 0.3) is 0 Å². The summed E-state index contributed by atoms with van der Waals surface area (Å²) >= 11 is 0. The van der Waals surface area contributed by atoms with E-state index in [0.29, 0.717) is 6.42 Å². The maximum atomic E-state index is 11.9. The Labute approximate surface area is 117 Å². The van der Waals surface area contributed by atoms with Crippen molar-refractivity contribution in [2.24, 2.45) is 5.41 Å². The first-order valence-corrected chi connectivity index (χ1v) is 6.51. The lowest BCUT2D eigenvalue weighted by Gasteiger charge is -2.49. The molecule has 6 nitrogen and oxygen atoms in total. The van der Waals surface area contributed by atoms with E-state index >= 15 is 0 Å². The Hall–Kier alpha value is -1.95. The summed E-state index contributed by atoms with van der Waals surface area (Å²) in [6.07, 6.45) is 0.367. The molecular formula is C14H18N2O4. The van der Waals surface area contributed by atoms with Gasteiger partial charge in [-0.25, -0.2) is 0 Å². The Bertz CT molecular complexity index is 524. The van der Waals surface area contributed by atoms with Crippen molar-refractivity contribution in [3.63, 3.8) is 0 Å². The van der Waals surface area contributed by atoms with E-state index in [1.54, 1.807) is 12.1 Å². The molecule has 0 saturated heterocycles. The van der Waals surface area contributed by atoms with Crippen LogP contribution >= 0.6 is 0 Å². The second-order valence-corrected chi connectivity index (χ2v) is 5.79. The third kappa shape index (κ3) is 2.80. The first kappa shape index (κ1) is 14.5. The molecule has 0 heterocycles. The van der Waals surface area contributed by atoms with Gasteiger partial charge in [0.15, 0.2) is 0 Å². The highest BCUT2D eigenvalue weighted by Gasteiger charge is 2.47. The van der Waals surface area contributed by atoms with Crippen LogP contribution in [-0.4, -0.2) is 28.1 Å². The molecule has 2 atom stereocenters. The number of hydrogen-bond donors (Lipinski definition) is 2. The number of benzene rings is 1. The summed E-state index contributed by atoms with van der Waals surface area (Å²) in [6.45, 7) is 3.83. The zero-order chi connectivity index (χ0) is 14.9. The van der Waals surface area contributed by atoms with E-state index in [4.69, 9.17) is 0 Å². The molecule has 2 rings (SSSR count). The van der Waals surface area contributed by atoms with Gasteiger partial charge in [-0.2, -0.15) is 0 Å². The zero-order valence-electron chi connectivity index (χ0n) is 11.5. The Kier molecular flexibility index (Phi) is 3.76. The number of amides is 1. The highest BCUT2D eigenvalue weighted by Crippen LogP contribution is 2.40. The van der Waals surface area contributed by atoms with Gasteiger partial charge in [0, 0.05) is 23.6 Å². The van der Waals surface area contributed by atoms with Crippen LogP contribution in [0.4, 0.5) is 5.69 Å². The summed E-state index contributed by atoms with van der Waals surface area (Å²) in [5, 5.41) is 23.0. The van der Waals surface area contributed by atoms with Gasteiger partial charge in [-0.1, -0.05) is 26.0 Å². The van der Waals surface area contributed by atoms with Gasteiger partial charge in [0.1, 0.15) is 0 Å². The highest BCUT2D eigenvalue weighted by molar-refractivity contribution is 5.79. The van der Waals surface area contributed by atoms with Crippen molar-refractivity contribution in [3.05, 3.63) is 39.9 Å². The van der Waals surface area contributed by atoms with Crippen LogP contribution in [0.3, 0.4) is 0 Å². The Morgan fingerprint density at radius 2 is 2.05 bits per heavy atom. The quantitative estimate of drug-likeness (QED) is 0.643. The second kappa shape index (κ2) is 5.20. The predicted octanol–water partition coefficient (Wildman–Crippen LogP) is 1.41. The molecule has 1 aliphatic rings. The maximum Gasteiger partial charge on any atom is 0.269 e. The van der Waals surface area contributed by atoms with E-state index in [-0.39, 0.29) is 35.6 Å². The summed E-state index contributed by atoms with van der Waals surface area (Å²) < 4.78 is 0. The number of carbonyl (C=O) groups is 1. The number of nitro benzene ring substituents is 1. The topological polar surface area (TPSA) is 92.5 Å². The van der Waals surface area contributed by atoms with Crippen LogP contribution in [-0.2, 0) is 11.2 Å². The number of aliphatic hydroxyl groups is 1. The van der Waals surface area contributed by atoms with Gasteiger partial charge in [0.05, 0.1) is 17.4 Å². The first-order chi connectivity index (χ1) is 9.30. The van der Waals surface area contributed by atoms with E-state index in [1.165, 1.54) is 12.1 Å². The molecule has 1 aromatic rings. The lowest BCUT2D eigenvalue weighted by Crippen LogP contribution is -2.61. The molecule has 0 aromatic heterocycles. The maximum absolute atomic E-state index is 11.9. The Morgan fingerprint density at radius 1 is 1.45 bits per heavy atom. The highest BCUT2D eigenvalue weighted by atomic mass is 16.6. The summed E-state index contributed by atoms with van der Waals surface area (Å²) in [5.41, 5.74) is 0.439. The number of hydrogen-bond acceptors (Lipinski definition) is 4. The third-order valence-electron chi connectivity index (χ3n) is 4.06. The molecule has 1 saturated carbocycles. The minimum atomic E-state index is -0.470. The normalized spacial score (nSPS) is 23.8. The van der Waals surface area contributed by atoms with Gasteiger partial charge in [-0.05, 0) is 12.0 Å². The number of rotatable bonds is 4. The van der Waals surface area contributed by atoms with Gasteiger partial charge in [-0.3, -0.25) is 14.9 Å². The van der Waals surface area contributed by atoms with E-state index in [9.17, 15) is 20.0 Å². The minimum Gasteiger partial charge on any atom is -0.392 e. The van der Waals surface area contributed by atoms with Gasteiger partial charge >= 0.3 is 0 Å². The van der Waals surface area contributed by atoms with Crippen molar-refractivity contribution >= 4 is 11.6 Å². The van der Waals surface area contributed by atoms with Crippen molar-refractivity contribution < 1.29 is 14.8 Å². The molecular weight excluding hydrogens is 260 g/mol. The molecule has 1 aliphatic carbocycles. The fourth-order valence-electron chi connectivity index (χ4n) is 2.31. The van der Waals surface area contributed by atoms with E-state index in [2.05, 4.69) is 5.32 Å². The van der Waals surface area contributed by atoms with Gasteiger partial charge in [0.25, 0.3) is 5.69 Å². The first-order valence-electron chi connectivity index (χ1n) is 6.51. The summed E-state index contributed by atoms with van der Waals surface area (Å²) in [6, 6.07) is 5.92. The van der Waals surface area contributed by atoms with Gasteiger partial charge in [-0.15, -0.1) is 0 Å². The van der Waals surface area contributed by atoms with Crippen LogP contribution in [0.1, 0.15) is 25.8 Å².